The van der Waals surface area contributed by atoms with Crippen LogP contribution in [0.3, 0.4) is 0 Å². The van der Waals surface area contributed by atoms with Gasteiger partial charge in [0.15, 0.2) is 0 Å². The van der Waals surface area contributed by atoms with Gasteiger partial charge >= 0.3 is 0 Å². The number of hydrogen-bond acceptors (Lipinski definition) is 5. The second kappa shape index (κ2) is 6.39. The van der Waals surface area contributed by atoms with Crippen LogP contribution in [0.15, 0.2) is 18.6 Å². The molecule has 0 amide bonds. The molecule has 22 heavy (non-hydrogen) atoms. The van der Waals surface area contributed by atoms with E-state index in [1.165, 1.54) is 0 Å². The third kappa shape index (κ3) is 3.09. The molecule has 0 aliphatic carbocycles. The molecule has 7 heteroatoms. The summed E-state index contributed by atoms with van der Waals surface area (Å²) in [6.45, 7) is 1.63. The lowest BCUT2D eigenvalue weighted by atomic mass is 9.91. The molecular formula is C15H23N5O2. The fraction of sp³-hybridized carbons (Fsp3) is 0.600. The molecule has 0 bridgehead atoms. The largest absolute Gasteiger partial charge is 0.478 e. The highest BCUT2D eigenvalue weighted by Gasteiger charge is 2.28. The number of nitrogens with zero attached hydrogens (tertiary/aromatic N) is 4. The number of hydrogen-bond donors (Lipinski definition) is 1. The fourth-order valence-electron chi connectivity index (χ4n) is 2.99. The van der Waals surface area contributed by atoms with Gasteiger partial charge in [-0.2, -0.15) is 5.10 Å². The van der Waals surface area contributed by atoms with Crippen LogP contribution >= 0.6 is 0 Å². The summed E-state index contributed by atoms with van der Waals surface area (Å²) in [4.78, 5) is 0. The quantitative estimate of drug-likeness (QED) is 0.911. The van der Waals surface area contributed by atoms with Crippen LogP contribution in [0.4, 0.5) is 5.69 Å². The molecule has 7 nitrogen and oxygen atoms in total. The Balaban J connectivity index is 1.69. The zero-order valence-electron chi connectivity index (χ0n) is 13.3. The highest BCUT2D eigenvalue weighted by molar-refractivity contribution is 5.51. The summed E-state index contributed by atoms with van der Waals surface area (Å²) in [6, 6.07) is 0. The van der Waals surface area contributed by atoms with Crippen molar-refractivity contribution < 1.29 is 9.47 Å². The zero-order valence-corrected chi connectivity index (χ0v) is 13.3. The SMILES string of the molecule is COc1nn(C)cc1NC[C@@H]1CCCO[C@H]1c1cnn(C)c1. The molecule has 0 aromatic carbocycles. The van der Waals surface area contributed by atoms with E-state index in [1.807, 2.05) is 37.4 Å². The van der Waals surface area contributed by atoms with Gasteiger partial charge in [0.1, 0.15) is 5.69 Å². The van der Waals surface area contributed by atoms with E-state index in [1.54, 1.807) is 11.8 Å². The van der Waals surface area contributed by atoms with Crippen LogP contribution in [0.2, 0.25) is 0 Å². The van der Waals surface area contributed by atoms with Gasteiger partial charge in [-0.1, -0.05) is 0 Å². The van der Waals surface area contributed by atoms with Gasteiger partial charge in [-0.05, 0) is 12.8 Å². The van der Waals surface area contributed by atoms with E-state index in [-0.39, 0.29) is 6.10 Å². The summed E-state index contributed by atoms with van der Waals surface area (Å²) in [5, 5.41) is 12.0. The van der Waals surface area contributed by atoms with Gasteiger partial charge in [-0.3, -0.25) is 9.36 Å². The van der Waals surface area contributed by atoms with E-state index < -0.39 is 0 Å². The van der Waals surface area contributed by atoms with Crippen molar-refractivity contribution in [3.05, 3.63) is 24.2 Å². The molecule has 0 radical (unpaired) electrons. The van der Waals surface area contributed by atoms with Crippen LogP contribution in [-0.2, 0) is 18.8 Å². The van der Waals surface area contributed by atoms with Gasteiger partial charge in [-0.25, -0.2) is 0 Å². The second-order valence-electron chi connectivity index (χ2n) is 5.75. The molecule has 2 aromatic rings. The highest BCUT2D eigenvalue weighted by Crippen LogP contribution is 2.34. The van der Waals surface area contributed by atoms with E-state index >= 15 is 0 Å². The number of methoxy groups -OCH3 is 1. The molecule has 1 aliphatic heterocycles. The van der Waals surface area contributed by atoms with Crippen molar-refractivity contribution in [2.75, 3.05) is 25.6 Å². The van der Waals surface area contributed by atoms with Crippen LogP contribution in [-0.4, -0.2) is 39.8 Å². The van der Waals surface area contributed by atoms with Gasteiger partial charge in [0.25, 0.3) is 5.88 Å². The van der Waals surface area contributed by atoms with Crippen LogP contribution < -0.4 is 10.1 Å². The van der Waals surface area contributed by atoms with Crippen molar-refractivity contribution >= 4 is 5.69 Å². The Morgan fingerprint density at radius 1 is 1.36 bits per heavy atom. The molecular weight excluding hydrogens is 282 g/mol. The average Bonchev–Trinajstić information content (AvgIpc) is 3.11. The van der Waals surface area contributed by atoms with E-state index in [0.29, 0.717) is 11.8 Å². The standard InChI is InChI=1S/C15H23N5O2/c1-19-9-12(8-17-19)14-11(5-4-6-22-14)7-16-13-10-20(2)18-15(13)21-3/h8-11,14,16H,4-7H2,1-3H3/t11-,14+/m0/s1. The van der Waals surface area contributed by atoms with Gasteiger partial charge in [0.2, 0.25) is 0 Å². The summed E-state index contributed by atoms with van der Waals surface area (Å²) in [5.41, 5.74) is 2.06. The van der Waals surface area contributed by atoms with Crippen LogP contribution in [0.5, 0.6) is 5.88 Å². The van der Waals surface area contributed by atoms with E-state index in [9.17, 15) is 0 Å². The minimum atomic E-state index is 0.0950. The Hall–Kier alpha value is -2.02. The van der Waals surface area contributed by atoms with Crippen LogP contribution in [0.1, 0.15) is 24.5 Å². The number of anilines is 1. The van der Waals surface area contributed by atoms with E-state index in [0.717, 1.165) is 37.2 Å². The lowest BCUT2D eigenvalue weighted by Crippen LogP contribution is -2.28. The lowest BCUT2D eigenvalue weighted by molar-refractivity contribution is -0.0239. The minimum Gasteiger partial charge on any atom is -0.478 e. The monoisotopic (exact) mass is 305 g/mol. The number of aromatic nitrogens is 4. The Morgan fingerprint density at radius 3 is 2.95 bits per heavy atom. The number of ether oxygens (including phenoxy) is 2. The van der Waals surface area contributed by atoms with Crippen molar-refractivity contribution in [3.8, 4) is 5.88 Å². The summed E-state index contributed by atoms with van der Waals surface area (Å²) in [7, 11) is 5.45. The van der Waals surface area contributed by atoms with Crippen molar-refractivity contribution in [2.24, 2.45) is 20.0 Å². The van der Waals surface area contributed by atoms with E-state index in [2.05, 4.69) is 15.5 Å². The summed E-state index contributed by atoms with van der Waals surface area (Å²) in [5.74, 6) is 1.03. The topological polar surface area (TPSA) is 66.1 Å². The summed E-state index contributed by atoms with van der Waals surface area (Å²) >= 11 is 0. The molecule has 1 fully saturated rings. The van der Waals surface area contributed by atoms with Crippen molar-refractivity contribution in [2.45, 2.75) is 18.9 Å². The smallest absolute Gasteiger partial charge is 0.256 e. The first-order valence-corrected chi connectivity index (χ1v) is 7.59. The predicted molar refractivity (Wildman–Crippen MR) is 82.9 cm³/mol. The minimum absolute atomic E-state index is 0.0950. The van der Waals surface area contributed by atoms with Crippen LogP contribution in [0.25, 0.3) is 0 Å². The van der Waals surface area contributed by atoms with Gasteiger partial charge in [-0.15, -0.1) is 5.10 Å². The molecule has 3 heterocycles. The third-order valence-corrected chi connectivity index (χ3v) is 4.04. The number of nitrogens with one attached hydrogen (secondary N) is 1. The predicted octanol–water partition coefficient (Wildman–Crippen LogP) is 1.74. The normalized spacial score (nSPS) is 21.8. The molecule has 3 rings (SSSR count). The lowest BCUT2D eigenvalue weighted by Gasteiger charge is -2.31. The Morgan fingerprint density at radius 2 is 2.23 bits per heavy atom. The molecule has 0 saturated carbocycles. The van der Waals surface area contributed by atoms with Crippen molar-refractivity contribution in [1.82, 2.24) is 19.6 Å². The first kappa shape index (κ1) is 14.9. The van der Waals surface area contributed by atoms with Crippen LogP contribution in [0, 0.1) is 5.92 Å². The fourth-order valence-corrected chi connectivity index (χ4v) is 2.99. The molecule has 1 N–H and O–H groups in total. The molecule has 120 valence electrons. The maximum absolute atomic E-state index is 5.99. The Labute approximate surface area is 130 Å². The van der Waals surface area contributed by atoms with E-state index in [4.69, 9.17) is 9.47 Å². The summed E-state index contributed by atoms with van der Waals surface area (Å²) in [6.07, 6.45) is 8.18. The first-order chi connectivity index (χ1) is 10.7. The molecule has 2 aromatic heterocycles. The summed E-state index contributed by atoms with van der Waals surface area (Å²) < 4.78 is 14.8. The molecule has 1 saturated heterocycles. The van der Waals surface area contributed by atoms with Gasteiger partial charge in [0, 0.05) is 44.9 Å². The molecule has 2 atom stereocenters. The number of rotatable bonds is 5. The first-order valence-electron chi connectivity index (χ1n) is 7.59. The van der Waals surface area contributed by atoms with Crippen molar-refractivity contribution in [3.63, 3.8) is 0 Å². The van der Waals surface area contributed by atoms with Crippen molar-refractivity contribution in [1.29, 1.82) is 0 Å². The zero-order chi connectivity index (χ0) is 15.5. The Bertz CT molecular complexity index is 621. The Kier molecular flexibility index (Phi) is 4.33. The molecule has 1 aliphatic rings. The van der Waals surface area contributed by atoms with Gasteiger partial charge in [0.05, 0.1) is 25.6 Å². The molecule has 0 spiro atoms. The maximum Gasteiger partial charge on any atom is 0.256 e. The third-order valence-electron chi connectivity index (χ3n) is 4.04. The number of aryl methyl sites for hydroxylation is 2. The second-order valence-corrected chi connectivity index (χ2v) is 5.75. The maximum atomic E-state index is 5.99. The average molecular weight is 305 g/mol. The van der Waals surface area contributed by atoms with Gasteiger partial charge < -0.3 is 14.8 Å². The molecule has 0 unspecified atom stereocenters. The highest BCUT2D eigenvalue weighted by atomic mass is 16.5.